The van der Waals surface area contributed by atoms with E-state index in [-0.39, 0.29) is 5.91 Å². The summed E-state index contributed by atoms with van der Waals surface area (Å²) in [7, 11) is 0. The van der Waals surface area contributed by atoms with Gasteiger partial charge >= 0.3 is 0 Å². The molecule has 5 nitrogen and oxygen atoms in total. The molecule has 142 valence electrons. The van der Waals surface area contributed by atoms with Gasteiger partial charge in [-0.05, 0) is 55.7 Å². The Morgan fingerprint density at radius 1 is 0.893 bits per heavy atom. The molecule has 1 fully saturated rings. The van der Waals surface area contributed by atoms with Crippen molar-refractivity contribution in [3.05, 3.63) is 71.2 Å². The highest BCUT2D eigenvalue weighted by Gasteiger charge is 2.13. The van der Waals surface area contributed by atoms with Crippen molar-refractivity contribution in [3.63, 3.8) is 0 Å². The predicted octanol–water partition coefficient (Wildman–Crippen LogP) is 5.04. The van der Waals surface area contributed by atoms with Crippen LogP contribution in [0.25, 0.3) is 11.3 Å². The maximum absolute atomic E-state index is 12.4. The summed E-state index contributed by atoms with van der Waals surface area (Å²) in [6.45, 7) is 2.10. The Balaban J connectivity index is 1.44. The van der Waals surface area contributed by atoms with Crippen molar-refractivity contribution in [2.45, 2.75) is 19.3 Å². The molecule has 4 rings (SSSR count). The molecule has 1 saturated heterocycles. The SMILES string of the molecule is O=C(Nc1ccc(-c2ccc(N3CCCCC3)nn2)cc1)c1ccccc1Cl. The molecule has 1 aliphatic heterocycles. The van der Waals surface area contributed by atoms with Gasteiger partial charge < -0.3 is 10.2 Å². The average Bonchev–Trinajstić information content (AvgIpc) is 2.75. The van der Waals surface area contributed by atoms with E-state index in [2.05, 4.69) is 20.4 Å². The lowest BCUT2D eigenvalue weighted by molar-refractivity contribution is 0.102. The van der Waals surface area contributed by atoms with Gasteiger partial charge in [0.2, 0.25) is 0 Å². The van der Waals surface area contributed by atoms with Gasteiger partial charge in [0.25, 0.3) is 5.91 Å². The molecule has 1 aliphatic rings. The van der Waals surface area contributed by atoms with E-state index in [1.54, 1.807) is 24.3 Å². The van der Waals surface area contributed by atoms with E-state index in [0.717, 1.165) is 30.2 Å². The summed E-state index contributed by atoms with van der Waals surface area (Å²) in [6.07, 6.45) is 3.72. The Labute approximate surface area is 169 Å². The van der Waals surface area contributed by atoms with Crippen molar-refractivity contribution in [2.75, 3.05) is 23.3 Å². The van der Waals surface area contributed by atoms with Crippen molar-refractivity contribution in [2.24, 2.45) is 0 Å². The van der Waals surface area contributed by atoms with Crippen LogP contribution < -0.4 is 10.2 Å². The highest BCUT2D eigenvalue weighted by molar-refractivity contribution is 6.34. The minimum Gasteiger partial charge on any atom is -0.355 e. The number of nitrogens with zero attached hydrogens (tertiary/aromatic N) is 3. The lowest BCUT2D eigenvalue weighted by Gasteiger charge is -2.27. The number of carbonyl (C=O) groups is 1. The number of piperidine rings is 1. The van der Waals surface area contributed by atoms with Crippen molar-refractivity contribution >= 4 is 29.0 Å². The molecule has 1 N–H and O–H groups in total. The van der Waals surface area contributed by atoms with Crippen LogP contribution in [-0.2, 0) is 0 Å². The number of aromatic nitrogens is 2. The summed E-state index contributed by atoms with van der Waals surface area (Å²) >= 11 is 6.08. The average molecular weight is 393 g/mol. The highest BCUT2D eigenvalue weighted by Crippen LogP contribution is 2.23. The number of benzene rings is 2. The van der Waals surface area contributed by atoms with Gasteiger partial charge in [-0.25, -0.2) is 0 Å². The monoisotopic (exact) mass is 392 g/mol. The van der Waals surface area contributed by atoms with E-state index >= 15 is 0 Å². The molecule has 0 aliphatic carbocycles. The second-order valence-electron chi connectivity index (χ2n) is 6.84. The Kier molecular flexibility index (Phi) is 5.53. The van der Waals surface area contributed by atoms with Gasteiger partial charge in [0, 0.05) is 24.3 Å². The van der Waals surface area contributed by atoms with Crippen LogP contribution in [0.4, 0.5) is 11.5 Å². The maximum Gasteiger partial charge on any atom is 0.257 e. The van der Waals surface area contributed by atoms with Gasteiger partial charge in [0.1, 0.15) is 0 Å². The predicted molar refractivity (Wildman–Crippen MR) is 113 cm³/mol. The summed E-state index contributed by atoms with van der Waals surface area (Å²) in [5.41, 5.74) is 2.91. The summed E-state index contributed by atoms with van der Waals surface area (Å²) in [6, 6.07) is 18.6. The fraction of sp³-hybridized carbons (Fsp3) is 0.227. The highest BCUT2D eigenvalue weighted by atomic mass is 35.5. The third-order valence-corrected chi connectivity index (χ3v) is 5.22. The Bertz CT molecular complexity index is 951. The van der Waals surface area contributed by atoms with E-state index in [1.807, 2.05) is 36.4 Å². The molecular weight excluding hydrogens is 372 g/mol. The molecule has 2 aromatic carbocycles. The number of halogens is 1. The number of amides is 1. The molecule has 3 aromatic rings. The van der Waals surface area contributed by atoms with Crippen LogP contribution in [0.5, 0.6) is 0 Å². The fourth-order valence-electron chi connectivity index (χ4n) is 3.34. The van der Waals surface area contributed by atoms with E-state index in [4.69, 9.17) is 11.6 Å². The summed E-state index contributed by atoms with van der Waals surface area (Å²) < 4.78 is 0. The van der Waals surface area contributed by atoms with Gasteiger partial charge in [-0.1, -0.05) is 35.9 Å². The maximum atomic E-state index is 12.4. The molecule has 0 saturated carbocycles. The van der Waals surface area contributed by atoms with Gasteiger partial charge in [-0.15, -0.1) is 10.2 Å². The van der Waals surface area contributed by atoms with Crippen LogP contribution in [-0.4, -0.2) is 29.2 Å². The first-order chi connectivity index (χ1) is 13.7. The van der Waals surface area contributed by atoms with Crippen molar-refractivity contribution < 1.29 is 4.79 Å². The molecule has 0 unspecified atom stereocenters. The Morgan fingerprint density at radius 2 is 1.64 bits per heavy atom. The van der Waals surface area contributed by atoms with E-state index < -0.39 is 0 Å². The smallest absolute Gasteiger partial charge is 0.257 e. The van der Waals surface area contributed by atoms with Crippen molar-refractivity contribution in [1.29, 1.82) is 0 Å². The van der Waals surface area contributed by atoms with Crippen LogP contribution in [0.3, 0.4) is 0 Å². The van der Waals surface area contributed by atoms with Crippen LogP contribution in [0.1, 0.15) is 29.6 Å². The molecule has 1 amide bonds. The number of nitrogens with one attached hydrogen (secondary N) is 1. The molecule has 28 heavy (non-hydrogen) atoms. The first kappa shape index (κ1) is 18.4. The minimum absolute atomic E-state index is 0.232. The molecule has 0 atom stereocenters. The van der Waals surface area contributed by atoms with E-state index in [1.165, 1.54) is 19.3 Å². The molecule has 2 heterocycles. The zero-order chi connectivity index (χ0) is 19.3. The van der Waals surface area contributed by atoms with Gasteiger partial charge in [0.05, 0.1) is 16.3 Å². The number of hydrogen-bond acceptors (Lipinski definition) is 4. The topological polar surface area (TPSA) is 58.1 Å². The zero-order valence-corrected chi connectivity index (χ0v) is 16.2. The normalized spacial score (nSPS) is 14.0. The van der Waals surface area contributed by atoms with Crippen molar-refractivity contribution in [1.82, 2.24) is 10.2 Å². The third kappa shape index (κ3) is 4.15. The number of anilines is 2. The first-order valence-corrected chi connectivity index (χ1v) is 9.83. The van der Waals surface area contributed by atoms with Gasteiger partial charge in [0.15, 0.2) is 5.82 Å². The summed E-state index contributed by atoms with van der Waals surface area (Å²) in [5, 5.41) is 12.1. The lowest BCUT2D eigenvalue weighted by atomic mass is 10.1. The molecule has 1 aromatic heterocycles. The van der Waals surface area contributed by atoms with E-state index in [9.17, 15) is 4.79 Å². The van der Waals surface area contributed by atoms with Crippen LogP contribution >= 0.6 is 11.6 Å². The Morgan fingerprint density at radius 3 is 2.32 bits per heavy atom. The second-order valence-corrected chi connectivity index (χ2v) is 7.24. The van der Waals surface area contributed by atoms with Crippen LogP contribution in [0, 0.1) is 0 Å². The Hall–Kier alpha value is -2.92. The summed E-state index contributed by atoms with van der Waals surface area (Å²) in [4.78, 5) is 14.6. The lowest BCUT2D eigenvalue weighted by Crippen LogP contribution is -2.30. The zero-order valence-electron chi connectivity index (χ0n) is 15.4. The molecule has 0 radical (unpaired) electrons. The molecule has 0 bridgehead atoms. The minimum atomic E-state index is -0.232. The summed E-state index contributed by atoms with van der Waals surface area (Å²) in [5.74, 6) is 0.705. The quantitative estimate of drug-likeness (QED) is 0.675. The van der Waals surface area contributed by atoms with Gasteiger partial charge in [-0.3, -0.25) is 4.79 Å². The van der Waals surface area contributed by atoms with Crippen molar-refractivity contribution in [3.8, 4) is 11.3 Å². The molecule has 0 spiro atoms. The fourth-order valence-corrected chi connectivity index (χ4v) is 3.56. The first-order valence-electron chi connectivity index (χ1n) is 9.46. The van der Waals surface area contributed by atoms with Crippen LogP contribution in [0.2, 0.25) is 5.02 Å². The van der Waals surface area contributed by atoms with Crippen LogP contribution in [0.15, 0.2) is 60.7 Å². The number of hydrogen-bond donors (Lipinski definition) is 1. The van der Waals surface area contributed by atoms with Gasteiger partial charge in [-0.2, -0.15) is 0 Å². The molecular formula is C22H21ClN4O. The number of carbonyl (C=O) groups excluding carboxylic acids is 1. The largest absolute Gasteiger partial charge is 0.355 e. The standard InChI is InChI=1S/C22H21ClN4O/c23-19-7-3-2-6-18(19)22(28)24-17-10-8-16(9-11-17)20-12-13-21(26-25-20)27-14-4-1-5-15-27/h2-3,6-13H,1,4-5,14-15H2,(H,24,28). The molecule has 6 heteroatoms. The van der Waals surface area contributed by atoms with E-state index in [0.29, 0.717) is 16.3 Å². The third-order valence-electron chi connectivity index (χ3n) is 4.89. The second kappa shape index (κ2) is 8.40. The number of rotatable bonds is 4.